The maximum atomic E-state index is 12.9. The van der Waals surface area contributed by atoms with Gasteiger partial charge in [-0.15, -0.1) is 11.3 Å². The first kappa shape index (κ1) is 8.70. The molecule has 13 heavy (non-hydrogen) atoms. The zero-order valence-electron chi connectivity index (χ0n) is 7.22. The third-order valence-corrected chi connectivity index (χ3v) is 3.07. The van der Waals surface area contributed by atoms with Crippen LogP contribution >= 0.6 is 11.3 Å². The molecule has 0 nitrogen and oxygen atoms in total. The Bertz CT molecular complexity index is 417. The lowest BCUT2D eigenvalue weighted by atomic mass is 10.1. The summed E-state index contributed by atoms with van der Waals surface area (Å²) in [7, 11) is 0. The van der Waals surface area contributed by atoms with Gasteiger partial charge in [-0.25, -0.2) is 4.39 Å². The fourth-order valence-electron chi connectivity index (χ4n) is 1.44. The molecule has 0 fully saturated rings. The molecule has 0 amide bonds. The van der Waals surface area contributed by atoms with Crippen LogP contribution in [0.15, 0.2) is 23.6 Å². The predicted molar refractivity (Wildman–Crippen MR) is 55.5 cm³/mol. The Labute approximate surface area is 81.0 Å². The molecule has 0 saturated carbocycles. The van der Waals surface area contributed by atoms with E-state index in [0.29, 0.717) is 0 Å². The van der Waals surface area contributed by atoms with Crippen molar-refractivity contribution in [3.05, 3.63) is 41.9 Å². The van der Waals surface area contributed by atoms with Crippen LogP contribution in [-0.4, -0.2) is 0 Å². The van der Waals surface area contributed by atoms with E-state index in [2.05, 4.69) is 12.3 Å². The molecule has 0 unspecified atom stereocenters. The van der Waals surface area contributed by atoms with Crippen LogP contribution in [0.5, 0.6) is 0 Å². The van der Waals surface area contributed by atoms with Crippen molar-refractivity contribution in [1.29, 1.82) is 0 Å². The second-order valence-electron chi connectivity index (χ2n) is 3.00. The molecular formula is C11H10FS. The van der Waals surface area contributed by atoms with E-state index in [9.17, 15) is 4.39 Å². The Hall–Kier alpha value is -0.890. The topological polar surface area (TPSA) is 0 Å². The molecule has 0 saturated heterocycles. The van der Waals surface area contributed by atoms with Gasteiger partial charge in [-0.2, -0.15) is 0 Å². The van der Waals surface area contributed by atoms with Crippen molar-refractivity contribution < 1.29 is 4.39 Å². The van der Waals surface area contributed by atoms with Gasteiger partial charge < -0.3 is 0 Å². The molecule has 0 bridgehead atoms. The number of rotatable bonds is 2. The number of benzene rings is 1. The first-order valence-corrected chi connectivity index (χ1v) is 5.14. The first-order valence-electron chi connectivity index (χ1n) is 4.26. The van der Waals surface area contributed by atoms with Crippen LogP contribution in [-0.2, 0) is 6.42 Å². The summed E-state index contributed by atoms with van der Waals surface area (Å²) in [5, 5.41) is 3.14. The summed E-state index contributed by atoms with van der Waals surface area (Å²) >= 11 is 1.67. The molecule has 0 spiro atoms. The van der Waals surface area contributed by atoms with E-state index in [1.807, 2.05) is 6.07 Å². The van der Waals surface area contributed by atoms with Gasteiger partial charge in [0.25, 0.3) is 0 Å². The lowest BCUT2D eigenvalue weighted by Crippen LogP contribution is -1.80. The van der Waals surface area contributed by atoms with Gasteiger partial charge in [0.05, 0.1) is 0 Å². The average Bonchev–Trinajstić information content (AvgIpc) is 2.49. The van der Waals surface area contributed by atoms with Crippen LogP contribution < -0.4 is 0 Å². The van der Waals surface area contributed by atoms with Gasteiger partial charge in [0.1, 0.15) is 5.82 Å². The molecule has 1 aromatic heterocycles. The maximum absolute atomic E-state index is 12.9. The minimum absolute atomic E-state index is 0.156. The van der Waals surface area contributed by atoms with Gasteiger partial charge in [-0.1, -0.05) is 6.92 Å². The quantitative estimate of drug-likeness (QED) is 0.680. The molecule has 2 rings (SSSR count). The Balaban J connectivity index is 2.58. The predicted octanol–water partition coefficient (Wildman–Crippen LogP) is 3.81. The summed E-state index contributed by atoms with van der Waals surface area (Å²) in [5.41, 5.74) is 1.22. The summed E-state index contributed by atoms with van der Waals surface area (Å²) in [4.78, 5) is 0. The van der Waals surface area contributed by atoms with Gasteiger partial charge in [0.2, 0.25) is 0 Å². The Morgan fingerprint density at radius 3 is 3.00 bits per heavy atom. The van der Waals surface area contributed by atoms with E-state index in [0.717, 1.165) is 22.9 Å². The standard InChI is InChI=1S/C11H10FS/c1-2-3-8-7-13-11-5-4-9(12)6-10(8)11/h4-7H,1-3H2. The Kier molecular flexibility index (Phi) is 2.32. The van der Waals surface area contributed by atoms with Gasteiger partial charge in [-0.3, -0.25) is 0 Å². The number of fused-ring (bicyclic) bond motifs is 1. The summed E-state index contributed by atoms with van der Waals surface area (Å²) in [6, 6.07) is 4.95. The van der Waals surface area contributed by atoms with Crippen molar-refractivity contribution in [2.24, 2.45) is 0 Å². The molecule has 0 aliphatic heterocycles. The molecular weight excluding hydrogens is 183 g/mol. The Morgan fingerprint density at radius 1 is 1.38 bits per heavy atom. The number of hydrogen-bond acceptors (Lipinski definition) is 1. The number of halogens is 1. The molecule has 1 aromatic carbocycles. The highest BCUT2D eigenvalue weighted by atomic mass is 32.1. The van der Waals surface area contributed by atoms with E-state index in [-0.39, 0.29) is 5.82 Å². The first-order chi connectivity index (χ1) is 6.31. The zero-order valence-corrected chi connectivity index (χ0v) is 8.03. The highest BCUT2D eigenvalue weighted by Crippen LogP contribution is 2.27. The SMILES string of the molecule is [CH2]CCc1csc2ccc(F)cc12. The molecule has 1 radical (unpaired) electrons. The second kappa shape index (κ2) is 3.46. The van der Waals surface area contributed by atoms with Crippen molar-refractivity contribution in [3.63, 3.8) is 0 Å². The molecule has 0 aliphatic carbocycles. The van der Waals surface area contributed by atoms with E-state index in [1.165, 1.54) is 11.6 Å². The highest BCUT2D eigenvalue weighted by molar-refractivity contribution is 7.17. The Morgan fingerprint density at radius 2 is 2.23 bits per heavy atom. The van der Waals surface area contributed by atoms with E-state index in [4.69, 9.17) is 0 Å². The van der Waals surface area contributed by atoms with E-state index < -0.39 is 0 Å². The van der Waals surface area contributed by atoms with Crippen molar-refractivity contribution in [3.8, 4) is 0 Å². The molecule has 2 heteroatoms. The number of aryl methyl sites for hydroxylation is 1. The van der Waals surface area contributed by atoms with Gasteiger partial charge in [0, 0.05) is 4.70 Å². The third-order valence-electron chi connectivity index (χ3n) is 2.06. The van der Waals surface area contributed by atoms with Gasteiger partial charge in [-0.05, 0) is 47.4 Å². The third kappa shape index (κ3) is 1.59. The fraction of sp³-hybridized carbons (Fsp3) is 0.182. The van der Waals surface area contributed by atoms with E-state index >= 15 is 0 Å². The normalized spacial score (nSPS) is 10.9. The summed E-state index contributed by atoms with van der Waals surface area (Å²) in [5.74, 6) is -0.156. The fourth-order valence-corrected chi connectivity index (χ4v) is 2.42. The zero-order chi connectivity index (χ0) is 9.26. The van der Waals surface area contributed by atoms with Crippen LogP contribution in [0, 0.1) is 12.7 Å². The van der Waals surface area contributed by atoms with Crippen LogP contribution in [0.3, 0.4) is 0 Å². The summed E-state index contributed by atoms with van der Waals surface area (Å²) in [6.45, 7) is 3.80. The largest absolute Gasteiger partial charge is 0.207 e. The van der Waals surface area contributed by atoms with Crippen LogP contribution in [0.4, 0.5) is 4.39 Å². The average molecular weight is 193 g/mol. The van der Waals surface area contributed by atoms with Crippen molar-refractivity contribution in [2.45, 2.75) is 12.8 Å². The lowest BCUT2D eigenvalue weighted by Gasteiger charge is -1.95. The highest BCUT2D eigenvalue weighted by Gasteiger charge is 2.03. The smallest absolute Gasteiger partial charge is 0.123 e. The molecule has 0 aliphatic rings. The number of thiophene rings is 1. The van der Waals surface area contributed by atoms with Crippen molar-refractivity contribution in [1.82, 2.24) is 0 Å². The lowest BCUT2D eigenvalue weighted by molar-refractivity contribution is 0.629. The van der Waals surface area contributed by atoms with Crippen molar-refractivity contribution in [2.75, 3.05) is 0 Å². The summed E-state index contributed by atoms with van der Waals surface area (Å²) in [6.07, 6.45) is 1.80. The van der Waals surface area contributed by atoms with Gasteiger partial charge in [0.15, 0.2) is 0 Å². The molecule has 0 N–H and O–H groups in total. The van der Waals surface area contributed by atoms with Crippen LogP contribution in [0.2, 0.25) is 0 Å². The summed E-state index contributed by atoms with van der Waals surface area (Å²) < 4.78 is 14.1. The monoisotopic (exact) mass is 193 g/mol. The van der Waals surface area contributed by atoms with E-state index in [1.54, 1.807) is 17.4 Å². The van der Waals surface area contributed by atoms with Gasteiger partial charge >= 0.3 is 0 Å². The minimum Gasteiger partial charge on any atom is -0.207 e. The molecule has 1 heterocycles. The molecule has 0 atom stereocenters. The number of hydrogen-bond donors (Lipinski definition) is 0. The van der Waals surface area contributed by atoms with Crippen LogP contribution in [0.25, 0.3) is 10.1 Å². The molecule has 67 valence electrons. The minimum atomic E-state index is -0.156. The van der Waals surface area contributed by atoms with Crippen molar-refractivity contribution >= 4 is 21.4 Å². The van der Waals surface area contributed by atoms with Crippen LogP contribution in [0.1, 0.15) is 12.0 Å². The maximum Gasteiger partial charge on any atom is 0.123 e. The molecule has 2 aromatic rings. The second-order valence-corrected chi connectivity index (χ2v) is 3.92.